The van der Waals surface area contributed by atoms with Gasteiger partial charge in [-0.3, -0.25) is 4.79 Å². The van der Waals surface area contributed by atoms with Gasteiger partial charge in [0, 0.05) is 16.5 Å². The average molecular weight is 252 g/mol. The number of nitrogens with one attached hydrogen (secondary N) is 1. The van der Waals surface area contributed by atoms with Gasteiger partial charge in [-0.15, -0.1) is 0 Å². The number of rotatable bonds is 2. The largest absolute Gasteiger partial charge is 0.384 e. The molecule has 17 heavy (non-hydrogen) atoms. The Hall–Kier alpha value is -1.50. The molecule has 0 aromatic heterocycles. The number of amides is 1. The number of anilines is 1. The van der Waals surface area contributed by atoms with E-state index < -0.39 is 0 Å². The van der Waals surface area contributed by atoms with Crippen molar-refractivity contribution in [2.45, 2.75) is 13.8 Å². The van der Waals surface area contributed by atoms with E-state index in [2.05, 4.69) is 17.2 Å². The standard InChI is InChI=1S/C13H14ClNO2/c1-9(2)13(17)15-12-8-11(14)6-5-10(12)4-3-7-16/h5-6,8-9,16H,7H2,1-2H3,(H,15,17). The van der Waals surface area contributed by atoms with Gasteiger partial charge < -0.3 is 10.4 Å². The molecule has 90 valence electrons. The number of hydrogen-bond donors (Lipinski definition) is 2. The fourth-order valence-corrected chi connectivity index (χ4v) is 1.31. The van der Waals surface area contributed by atoms with E-state index in [0.717, 1.165) is 0 Å². The van der Waals surface area contributed by atoms with Crippen LogP contribution in [0.3, 0.4) is 0 Å². The highest BCUT2D eigenvalue weighted by molar-refractivity contribution is 6.31. The summed E-state index contributed by atoms with van der Waals surface area (Å²) in [5, 5.41) is 11.9. The van der Waals surface area contributed by atoms with E-state index in [9.17, 15) is 4.79 Å². The third-order valence-corrected chi connectivity index (χ3v) is 2.30. The van der Waals surface area contributed by atoms with Gasteiger partial charge in [0.05, 0.1) is 5.69 Å². The molecule has 0 saturated carbocycles. The predicted octanol–water partition coefficient (Wildman–Crippen LogP) is 2.28. The lowest BCUT2D eigenvalue weighted by molar-refractivity contribution is -0.118. The first kappa shape index (κ1) is 13.6. The summed E-state index contributed by atoms with van der Waals surface area (Å²) < 4.78 is 0. The highest BCUT2D eigenvalue weighted by atomic mass is 35.5. The minimum atomic E-state index is -0.222. The van der Waals surface area contributed by atoms with E-state index in [1.807, 2.05) is 0 Å². The van der Waals surface area contributed by atoms with Crippen LogP contribution in [-0.4, -0.2) is 17.6 Å². The highest BCUT2D eigenvalue weighted by Gasteiger charge is 2.09. The van der Waals surface area contributed by atoms with E-state index in [1.165, 1.54) is 0 Å². The number of hydrogen-bond acceptors (Lipinski definition) is 2. The zero-order chi connectivity index (χ0) is 12.8. The zero-order valence-electron chi connectivity index (χ0n) is 9.75. The lowest BCUT2D eigenvalue weighted by Crippen LogP contribution is -2.18. The minimum Gasteiger partial charge on any atom is -0.384 e. The monoisotopic (exact) mass is 251 g/mol. The number of aliphatic hydroxyl groups excluding tert-OH is 1. The molecule has 2 N–H and O–H groups in total. The third kappa shape index (κ3) is 4.10. The first-order valence-electron chi connectivity index (χ1n) is 5.24. The molecule has 0 aliphatic rings. The van der Waals surface area contributed by atoms with Crippen molar-refractivity contribution in [2.24, 2.45) is 5.92 Å². The summed E-state index contributed by atoms with van der Waals surface area (Å²) in [4.78, 5) is 11.6. The molecule has 0 aliphatic heterocycles. The van der Waals surface area contributed by atoms with Crippen LogP contribution in [0.25, 0.3) is 0 Å². The van der Waals surface area contributed by atoms with Crippen molar-refractivity contribution in [3.05, 3.63) is 28.8 Å². The van der Waals surface area contributed by atoms with Gasteiger partial charge >= 0.3 is 0 Å². The summed E-state index contributed by atoms with van der Waals surface area (Å²) in [6.45, 7) is 3.39. The zero-order valence-corrected chi connectivity index (χ0v) is 10.5. The molecule has 0 atom stereocenters. The molecular formula is C13H14ClNO2. The Bertz CT molecular complexity index is 472. The SMILES string of the molecule is CC(C)C(=O)Nc1cc(Cl)ccc1C#CCO. The summed E-state index contributed by atoms with van der Waals surface area (Å²) in [5.74, 6) is 5.08. The normalized spacial score (nSPS) is 9.71. The predicted molar refractivity (Wildman–Crippen MR) is 68.9 cm³/mol. The number of halogens is 1. The van der Waals surface area contributed by atoms with Crippen molar-refractivity contribution in [3.63, 3.8) is 0 Å². The van der Waals surface area contributed by atoms with E-state index >= 15 is 0 Å². The summed E-state index contributed by atoms with van der Waals surface area (Å²) in [6.07, 6.45) is 0. The Balaban J connectivity index is 3.03. The van der Waals surface area contributed by atoms with Gasteiger partial charge in [0.1, 0.15) is 6.61 Å². The van der Waals surface area contributed by atoms with Crippen LogP contribution in [0, 0.1) is 17.8 Å². The fourth-order valence-electron chi connectivity index (χ4n) is 1.14. The second kappa shape index (κ2) is 6.29. The first-order valence-corrected chi connectivity index (χ1v) is 5.62. The van der Waals surface area contributed by atoms with Crippen molar-refractivity contribution in [1.82, 2.24) is 0 Å². The lowest BCUT2D eigenvalue weighted by Gasteiger charge is -2.10. The van der Waals surface area contributed by atoms with Crippen LogP contribution in [-0.2, 0) is 4.79 Å². The highest BCUT2D eigenvalue weighted by Crippen LogP contribution is 2.21. The van der Waals surface area contributed by atoms with Crippen LogP contribution in [0.4, 0.5) is 5.69 Å². The summed E-state index contributed by atoms with van der Waals surface area (Å²) in [7, 11) is 0. The van der Waals surface area contributed by atoms with Crippen LogP contribution in [0.15, 0.2) is 18.2 Å². The Morgan fingerprint density at radius 1 is 1.53 bits per heavy atom. The van der Waals surface area contributed by atoms with Gasteiger partial charge in [0.15, 0.2) is 0 Å². The van der Waals surface area contributed by atoms with E-state index in [4.69, 9.17) is 16.7 Å². The number of carbonyl (C=O) groups excluding carboxylic acids is 1. The second-order valence-corrected chi connectivity index (χ2v) is 4.23. The van der Waals surface area contributed by atoms with Gasteiger partial charge in [0.2, 0.25) is 5.91 Å². The van der Waals surface area contributed by atoms with E-state index in [1.54, 1.807) is 32.0 Å². The molecule has 1 rings (SSSR count). The maximum absolute atomic E-state index is 11.6. The van der Waals surface area contributed by atoms with Crippen molar-refractivity contribution in [3.8, 4) is 11.8 Å². The molecule has 3 nitrogen and oxygen atoms in total. The van der Waals surface area contributed by atoms with Crippen LogP contribution >= 0.6 is 11.6 Å². The smallest absolute Gasteiger partial charge is 0.226 e. The topological polar surface area (TPSA) is 49.3 Å². The van der Waals surface area contributed by atoms with Gasteiger partial charge in [-0.1, -0.05) is 37.3 Å². The van der Waals surface area contributed by atoms with Gasteiger partial charge in [-0.25, -0.2) is 0 Å². The molecular weight excluding hydrogens is 238 g/mol. The molecule has 4 heteroatoms. The van der Waals surface area contributed by atoms with Crippen molar-refractivity contribution >= 4 is 23.2 Å². The average Bonchev–Trinajstić information content (AvgIpc) is 2.28. The third-order valence-electron chi connectivity index (χ3n) is 2.07. The molecule has 1 aromatic carbocycles. The number of carbonyl (C=O) groups is 1. The van der Waals surface area contributed by atoms with Gasteiger partial charge in [-0.05, 0) is 18.2 Å². The molecule has 0 aliphatic carbocycles. The summed E-state index contributed by atoms with van der Waals surface area (Å²) in [5.41, 5.74) is 1.20. The molecule has 0 spiro atoms. The van der Waals surface area contributed by atoms with Crippen LogP contribution in [0.1, 0.15) is 19.4 Å². The Labute approximate surface area is 106 Å². The van der Waals surface area contributed by atoms with Gasteiger partial charge in [0.25, 0.3) is 0 Å². The second-order valence-electron chi connectivity index (χ2n) is 3.79. The summed E-state index contributed by atoms with van der Waals surface area (Å²) in [6, 6.07) is 5.04. The van der Waals surface area contributed by atoms with E-state index in [-0.39, 0.29) is 18.4 Å². The van der Waals surface area contributed by atoms with Gasteiger partial charge in [-0.2, -0.15) is 0 Å². The fraction of sp³-hybridized carbons (Fsp3) is 0.308. The summed E-state index contributed by atoms with van der Waals surface area (Å²) >= 11 is 5.87. The van der Waals surface area contributed by atoms with Crippen LogP contribution in [0.2, 0.25) is 5.02 Å². The van der Waals surface area contributed by atoms with E-state index in [0.29, 0.717) is 16.3 Å². The maximum atomic E-state index is 11.6. The maximum Gasteiger partial charge on any atom is 0.226 e. The molecule has 0 saturated heterocycles. The Kier molecular flexibility index (Phi) is 5.02. The lowest BCUT2D eigenvalue weighted by atomic mass is 10.1. The molecule has 0 fully saturated rings. The number of benzene rings is 1. The molecule has 0 unspecified atom stereocenters. The molecule has 0 bridgehead atoms. The Morgan fingerprint density at radius 2 is 2.24 bits per heavy atom. The molecule has 1 aromatic rings. The minimum absolute atomic E-state index is 0.0979. The number of aliphatic hydroxyl groups is 1. The molecule has 0 radical (unpaired) electrons. The Morgan fingerprint density at radius 3 is 2.82 bits per heavy atom. The first-order chi connectivity index (χ1) is 8.04. The van der Waals surface area contributed by atoms with Crippen molar-refractivity contribution < 1.29 is 9.90 Å². The molecule has 0 heterocycles. The van der Waals surface area contributed by atoms with Crippen LogP contribution < -0.4 is 5.32 Å². The molecule has 1 amide bonds. The van der Waals surface area contributed by atoms with Crippen molar-refractivity contribution in [1.29, 1.82) is 0 Å². The quantitative estimate of drug-likeness (QED) is 0.793. The van der Waals surface area contributed by atoms with Crippen LogP contribution in [0.5, 0.6) is 0 Å². The van der Waals surface area contributed by atoms with Crippen molar-refractivity contribution in [2.75, 3.05) is 11.9 Å².